The first-order valence-electron chi connectivity index (χ1n) is 7.10. The number of aliphatic hydroxyl groups excluding tert-OH is 1. The van der Waals surface area contributed by atoms with Gasteiger partial charge in [-0.25, -0.2) is 4.79 Å². The van der Waals surface area contributed by atoms with Crippen LogP contribution in [0.1, 0.15) is 17.3 Å². The molecule has 0 aliphatic carbocycles. The molecule has 118 valence electrons. The van der Waals surface area contributed by atoms with Gasteiger partial charge in [0.2, 0.25) is 0 Å². The number of aliphatic hydroxyl groups is 1. The lowest BCUT2D eigenvalue weighted by Crippen LogP contribution is -2.33. The van der Waals surface area contributed by atoms with Crippen LogP contribution in [0.4, 0.5) is 16.2 Å². The maximum Gasteiger partial charge on any atom is 0.319 e. The van der Waals surface area contributed by atoms with Crippen molar-refractivity contribution < 1.29 is 9.90 Å². The van der Waals surface area contributed by atoms with Crippen molar-refractivity contribution in [2.75, 3.05) is 30.9 Å². The number of para-hydroxylation sites is 2. The fourth-order valence-corrected chi connectivity index (χ4v) is 3.00. The minimum absolute atomic E-state index is 0.0249. The third-order valence-corrected chi connectivity index (χ3v) is 4.23. The first-order chi connectivity index (χ1) is 10.6. The molecule has 22 heavy (non-hydrogen) atoms. The number of thiophene rings is 1. The summed E-state index contributed by atoms with van der Waals surface area (Å²) in [4.78, 5) is 15.2. The highest BCUT2D eigenvalue weighted by Gasteiger charge is 2.16. The van der Waals surface area contributed by atoms with Gasteiger partial charge in [-0.15, -0.1) is 11.3 Å². The van der Waals surface area contributed by atoms with Crippen LogP contribution in [0.3, 0.4) is 0 Å². The van der Waals surface area contributed by atoms with Crippen LogP contribution in [0.25, 0.3) is 0 Å². The maximum absolute atomic E-state index is 12.2. The van der Waals surface area contributed by atoms with Crippen LogP contribution in [0.2, 0.25) is 0 Å². The number of carbonyl (C=O) groups excluding carboxylic acids is 1. The molecule has 2 aromatic rings. The van der Waals surface area contributed by atoms with Gasteiger partial charge >= 0.3 is 6.03 Å². The summed E-state index contributed by atoms with van der Waals surface area (Å²) in [7, 11) is 3.86. The Morgan fingerprint density at radius 3 is 2.68 bits per heavy atom. The number of nitrogens with zero attached hydrogens (tertiary/aromatic N) is 1. The van der Waals surface area contributed by atoms with Crippen molar-refractivity contribution >= 4 is 28.7 Å². The summed E-state index contributed by atoms with van der Waals surface area (Å²) in [5.74, 6) is 0. The molecule has 2 amide bonds. The van der Waals surface area contributed by atoms with Gasteiger partial charge in [0.25, 0.3) is 0 Å². The number of hydrogen-bond donors (Lipinski definition) is 3. The predicted octanol–water partition coefficient (Wildman–Crippen LogP) is 3.06. The molecule has 1 atom stereocenters. The number of carbonyl (C=O) groups is 1. The van der Waals surface area contributed by atoms with E-state index in [1.807, 2.05) is 60.8 Å². The fourth-order valence-electron chi connectivity index (χ4n) is 2.19. The van der Waals surface area contributed by atoms with E-state index in [1.54, 1.807) is 11.3 Å². The molecular weight excluding hydrogens is 298 g/mol. The Kier molecular flexibility index (Phi) is 5.80. The zero-order valence-electron chi connectivity index (χ0n) is 12.7. The van der Waals surface area contributed by atoms with Gasteiger partial charge in [0.1, 0.15) is 0 Å². The van der Waals surface area contributed by atoms with E-state index in [0.717, 1.165) is 16.3 Å². The number of nitrogens with one attached hydrogen (secondary N) is 2. The van der Waals surface area contributed by atoms with E-state index >= 15 is 0 Å². The topological polar surface area (TPSA) is 64.6 Å². The van der Waals surface area contributed by atoms with Crippen LogP contribution in [-0.4, -0.2) is 31.8 Å². The Labute approximate surface area is 134 Å². The van der Waals surface area contributed by atoms with E-state index in [-0.39, 0.29) is 18.7 Å². The van der Waals surface area contributed by atoms with Crippen LogP contribution in [-0.2, 0) is 0 Å². The summed E-state index contributed by atoms with van der Waals surface area (Å²) in [6.45, 7) is 0.0249. The van der Waals surface area contributed by atoms with Crippen molar-refractivity contribution in [3.05, 3.63) is 46.7 Å². The molecular formula is C16H21N3O2S. The molecule has 0 spiro atoms. The van der Waals surface area contributed by atoms with Crippen molar-refractivity contribution in [3.8, 4) is 0 Å². The van der Waals surface area contributed by atoms with Crippen LogP contribution >= 0.6 is 11.3 Å². The van der Waals surface area contributed by atoms with Crippen molar-refractivity contribution in [2.24, 2.45) is 0 Å². The largest absolute Gasteiger partial charge is 0.396 e. The van der Waals surface area contributed by atoms with E-state index in [4.69, 9.17) is 0 Å². The number of hydrogen-bond acceptors (Lipinski definition) is 4. The minimum atomic E-state index is -0.277. The Bertz CT molecular complexity index is 599. The van der Waals surface area contributed by atoms with Crippen LogP contribution in [0.5, 0.6) is 0 Å². The summed E-state index contributed by atoms with van der Waals surface area (Å²) in [6, 6.07) is 11.1. The normalized spacial score (nSPS) is 11.8. The molecule has 0 fully saturated rings. The molecule has 1 heterocycles. The van der Waals surface area contributed by atoms with Crippen molar-refractivity contribution in [2.45, 2.75) is 12.5 Å². The molecule has 3 N–H and O–H groups in total. The number of benzene rings is 1. The first-order valence-corrected chi connectivity index (χ1v) is 7.98. The van der Waals surface area contributed by atoms with Crippen LogP contribution < -0.4 is 15.5 Å². The van der Waals surface area contributed by atoms with Crippen LogP contribution in [0, 0.1) is 0 Å². The van der Waals surface area contributed by atoms with E-state index in [1.165, 1.54) is 0 Å². The lowest BCUT2D eigenvalue weighted by Gasteiger charge is -2.20. The zero-order chi connectivity index (χ0) is 15.9. The van der Waals surface area contributed by atoms with E-state index in [9.17, 15) is 9.90 Å². The van der Waals surface area contributed by atoms with Crippen molar-refractivity contribution in [1.29, 1.82) is 0 Å². The number of amides is 2. The van der Waals surface area contributed by atoms with Gasteiger partial charge in [0.05, 0.1) is 17.4 Å². The monoisotopic (exact) mass is 319 g/mol. The molecule has 0 saturated heterocycles. The summed E-state index contributed by atoms with van der Waals surface area (Å²) in [6.07, 6.45) is 0.489. The van der Waals surface area contributed by atoms with Crippen molar-refractivity contribution in [3.63, 3.8) is 0 Å². The molecule has 0 aliphatic rings. The quantitative estimate of drug-likeness (QED) is 0.767. The lowest BCUT2D eigenvalue weighted by atomic mass is 10.2. The fraction of sp³-hybridized carbons (Fsp3) is 0.312. The SMILES string of the molecule is CN(C)c1ccccc1NC(=O)NC(CCO)c1cccs1. The van der Waals surface area contributed by atoms with Gasteiger partial charge in [0, 0.05) is 25.6 Å². The molecule has 0 radical (unpaired) electrons. The Hall–Kier alpha value is -2.05. The third kappa shape index (κ3) is 4.22. The molecule has 2 rings (SSSR count). The van der Waals surface area contributed by atoms with E-state index in [2.05, 4.69) is 10.6 Å². The van der Waals surface area contributed by atoms with Gasteiger partial charge in [0.15, 0.2) is 0 Å². The van der Waals surface area contributed by atoms with Gasteiger partial charge in [-0.3, -0.25) is 0 Å². The third-order valence-electron chi connectivity index (χ3n) is 3.24. The molecule has 1 aromatic carbocycles. The Balaban J connectivity index is 2.06. The molecule has 0 aliphatic heterocycles. The number of rotatable bonds is 6. The number of urea groups is 1. The highest BCUT2D eigenvalue weighted by atomic mass is 32.1. The van der Waals surface area contributed by atoms with E-state index < -0.39 is 0 Å². The Morgan fingerprint density at radius 1 is 1.27 bits per heavy atom. The maximum atomic E-state index is 12.2. The molecule has 0 bridgehead atoms. The molecule has 0 saturated carbocycles. The highest BCUT2D eigenvalue weighted by molar-refractivity contribution is 7.10. The second-order valence-corrected chi connectivity index (χ2v) is 6.07. The second kappa shape index (κ2) is 7.82. The van der Waals surface area contributed by atoms with Gasteiger partial charge in [-0.2, -0.15) is 0 Å². The van der Waals surface area contributed by atoms with E-state index in [0.29, 0.717) is 6.42 Å². The Morgan fingerprint density at radius 2 is 2.05 bits per heavy atom. The summed E-state index contributed by atoms with van der Waals surface area (Å²) < 4.78 is 0. The standard InChI is InChI=1S/C16H21N3O2S/c1-19(2)14-7-4-3-6-12(14)17-16(21)18-13(9-10-20)15-8-5-11-22-15/h3-8,11,13,20H,9-10H2,1-2H3,(H2,17,18,21). The predicted molar refractivity (Wildman–Crippen MR) is 91.7 cm³/mol. The number of anilines is 2. The zero-order valence-corrected chi connectivity index (χ0v) is 13.6. The summed E-state index contributed by atoms with van der Waals surface area (Å²) >= 11 is 1.57. The van der Waals surface area contributed by atoms with Crippen LogP contribution in [0.15, 0.2) is 41.8 Å². The second-order valence-electron chi connectivity index (χ2n) is 5.09. The minimum Gasteiger partial charge on any atom is -0.396 e. The van der Waals surface area contributed by atoms with Gasteiger partial charge in [-0.1, -0.05) is 18.2 Å². The molecule has 6 heteroatoms. The van der Waals surface area contributed by atoms with Gasteiger partial charge < -0.3 is 20.6 Å². The molecule has 1 aromatic heterocycles. The van der Waals surface area contributed by atoms with Gasteiger partial charge in [-0.05, 0) is 30.0 Å². The molecule has 1 unspecified atom stereocenters. The van der Waals surface area contributed by atoms with Crippen molar-refractivity contribution in [1.82, 2.24) is 5.32 Å². The lowest BCUT2D eigenvalue weighted by molar-refractivity contribution is 0.239. The average molecular weight is 319 g/mol. The summed E-state index contributed by atoms with van der Waals surface area (Å²) in [5, 5.41) is 16.9. The highest BCUT2D eigenvalue weighted by Crippen LogP contribution is 2.25. The summed E-state index contributed by atoms with van der Waals surface area (Å²) in [5.41, 5.74) is 1.69. The molecule has 5 nitrogen and oxygen atoms in total. The first kappa shape index (κ1) is 16.3. The smallest absolute Gasteiger partial charge is 0.319 e. The average Bonchev–Trinajstić information content (AvgIpc) is 3.01.